The SMILES string of the molecule is C1CNC1.CN(C)C. The molecule has 1 rings (SSSR count). The lowest BCUT2D eigenvalue weighted by Gasteiger charge is -2.09. The number of hydrogen-bond acceptors (Lipinski definition) is 2. The van der Waals surface area contributed by atoms with Gasteiger partial charge in [-0.25, -0.2) is 0 Å². The molecule has 1 aliphatic heterocycles. The minimum absolute atomic E-state index is 1.25. The van der Waals surface area contributed by atoms with Gasteiger partial charge in [0.2, 0.25) is 0 Å². The molecule has 0 spiro atoms. The average molecular weight is 116 g/mol. The van der Waals surface area contributed by atoms with Crippen molar-refractivity contribution >= 4 is 0 Å². The van der Waals surface area contributed by atoms with Crippen molar-refractivity contribution in [1.82, 2.24) is 10.2 Å². The summed E-state index contributed by atoms with van der Waals surface area (Å²) in [5.41, 5.74) is 0. The molecule has 1 aliphatic rings. The lowest BCUT2D eigenvalue weighted by molar-refractivity contribution is 0.505. The van der Waals surface area contributed by atoms with Crippen LogP contribution < -0.4 is 5.32 Å². The Morgan fingerprint density at radius 3 is 1.25 bits per heavy atom. The molecule has 0 aromatic carbocycles. The molecule has 1 heterocycles. The smallest absolute Gasteiger partial charge is 0.00368 e. The molecule has 1 fully saturated rings. The van der Waals surface area contributed by atoms with Crippen LogP contribution in [0.1, 0.15) is 6.42 Å². The van der Waals surface area contributed by atoms with Crippen LogP contribution in [0.25, 0.3) is 0 Å². The van der Waals surface area contributed by atoms with Gasteiger partial charge < -0.3 is 10.2 Å². The first-order valence-corrected chi connectivity index (χ1v) is 3.05. The molecule has 0 aromatic heterocycles. The highest BCUT2D eigenvalue weighted by molar-refractivity contribution is 4.56. The zero-order chi connectivity index (χ0) is 6.41. The maximum atomic E-state index is 3.11. The standard InChI is InChI=1S/C3H7N.C3H9N/c1-2-4-3-1;1-4(2)3/h4H,1-3H2;1-3H3. The number of nitrogens with one attached hydrogen (secondary N) is 1. The summed E-state index contributed by atoms with van der Waals surface area (Å²) in [7, 11) is 6.00. The van der Waals surface area contributed by atoms with Crippen LogP contribution in [0.15, 0.2) is 0 Å². The van der Waals surface area contributed by atoms with Gasteiger partial charge in [0.25, 0.3) is 0 Å². The Hall–Kier alpha value is -0.0800. The molecule has 0 unspecified atom stereocenters. The maximum absolute atomic E-state index is 3.11. The number of nitrogens with zero attached hydrogens (tertiary/aromatic N) is 1. The highest BCUT2D eigenvalue weighted by Gasteiger charge is 1.92. The monoisotopic (exact) mass is 116 g/mol. The molecule has 0 amide bonds. The second kappa shape index (κ2) is 5.06. The van der Waals surface area contributed by atoms with Gasteiger partial charge in [-0.15, -0.1) is 0 Å². The van der Waals surface area contributed by atoms with Crippen LogP contribution in [-0.2, 0) is 0 Å². The summed E-state index contributed by atoms with van der Waals surface area (Å²) in [6.45, 7) is 2.50. The Kier molecular flexibility index (Phi) is 5.01. The van der Waals surface area contributed by atoms with Crippen LogP contribution in [-0.4, -0.2) is 39.1 Å². The quantitative estimate of drug-likeness (QED) is 0.485. The molecule has 50 valence electrons. The van der Waals surface area contributed by atoms with Crippen molar-refractivity contribution in [2.75, 3.05) is 34.2 Å². The molecular weight excluding hydrogens is 100 g/mol. The Morgan fingerprint density at radius 1 is 1.12 bits per heavy atom. The van der Waals surface area contributed by atoms with E-state index in [0.29, 0.717) is 0 Å². The molecular formula is C6H16N2. The van der Waals surface area contributed by atoms with Crippen molar-refractivity contribution in [2.45, 2.75) is 6.42 Å². The van der Waals surface area contributed by atoms with E-state index >= 15 is 0 Å². The van der Waals surface area contributed by atoms with E-state index in [4.69, 9.17) is 0 Å². The number of rotatable bonds is 0. The van der Waals surface area contributed by atoms with Gasteiger partial charge in [-0.1, -0.05) is 0 Å². The van der Waals surface area contributed by atoms with E-state index in [1.165, 1.54) is 19.5 Å². The van der Waals surface area contributed by atoms with E-state index in [1.54, 1.807) is 0 Å². The molecule has 0 aromatic rings. The fourth-order valence-electron chi connectivity index (χ4n) is 0.177. The highest BCUT2D eigenvalue weighted by atomic mass is 15.0. The maximum Gasteiger partial charge on any atom is -0.00368 e. The summed E-state index contributed by atoms with van der Waals surface area (Å²) in [4.78, 5) is 2.00. The summed E-state index contributed by atoms with van der Waals surface area (Å²) < 4.78 is 0. The van der Waals surface area contributed by atoms with E-state index in [-0.39, 0.29) is 0 Å². The molecule has 0 aliphatic carbocycles. The molecule has 1 saturated heterocycles. The second-order valence-corrected chi connectivity index (χ2v) is 2.45. The zero-order valence-electron chi connectivity index (χ0n) is 6.07. The lowest BCUT2D eigenvalue weighted by atomic mass is 10.3. The van der Waals surface area contributed by atoms with Gasteiger partial charge >= 0.3 is 0 Å². The molecule has 2 nitrogen and oxygen atoms in total. The topological polar surface area (TPSA) is 15.3 Å². The van der Waals surface area contributed by atoms with E-state index in [2.05, 4.69) is 5.32 Å². The van der Waals surface area contributed by atoms with E-state index < -0.39 is 0 Å². The molecule has 0 radical (unpaired) electrons. The zero-order valence-corrected chi connectivity index (χ0v) is 6.07. The average Bonchev–Trinajstić information content (AvgIpc) is 1.19. The minimum atomic E-state index is 1.25. The first-order chi connectivity index (χ1) is 3.73. The van der Waals surface area contributed by atoms with E-state index in [9.17, 15) is 0 Å². The van der Waals surface area contributed by atoms with Crippen LogP contribution in [0, 0.1) is 0 Å². The van der Waals surface area contributed by atoms with Crippen LogP contribution in [0.3, 0.4) is 0 Å². The van der Waals surface area contributed by atoms with Crippen molar-refractivity contribution in [3.63, 3.8) is 0 Å². The van der Waals surface area contributed by atoms with Crippen LogP contribution in [0.5, 0.6) is 0 Å². The Labute approximate surface area is 51.9 Å². The molecule has 0 saturated carbocycles. The molecule has 8 heavy (non-hydrogen) atoms. The fraction of sp³-hybridized carbons (Fsp3) is 1.00. The van der Waals surface area contributed by atoms with E-state index in [1.807, 2.05) is 26.0 Å². The van der Waals surface area contributed by atoms with Crippen molar-refractivity contribution in [1.29, 1.82) is 0 Å². The molecule has 2 heteroatoms. The Balaban J connectivity index is 0.000000122. The van der Waals surface area contributed by atoms with E-state index in [0.717, 1.165) is 0 Å². The number of hydrogen-bond donors (Lipinski definition) is 1. The van der Waals surface area contributed by atoms with Gasteiger partial charge in [0, 0.05) is 0 Å². The van der Waals surface area contributed by atoms with Gasteiger partial charge in [-0.05, 0) is 40.7 Å². The fourth-order valence-corrected chi connectivity index (χ4v) is 0.177. The van der Waals surface area contributed by atoms with Crippen molar-refractivity contribution < 1.29 is 0 Å². The molecule has 1 N–H and O–H groups in total. The Morgan fingerprint density at radius 2 is 1.25 bits per heavy atom. The first-order valence-electron chi connectivity index (χ1n) is 3.05. The van der Waals surface area contributed by atoms with Crippen molar-refractivity contribution in [3.8, 4) is 0 Å². The summed E-state index contributed by atoms with van der Waals surface area (Å²) in [5, 5.41) is 3.11. The first kappa shape index (κ1) is 7.92. The summed E-state index contributed by atoms with van der Waals surface area (Å²) in [6.07, 6.45) is 1.39. The van der Waals surface area contributed by atoms with Crippen LogP contribution >= 0.6 is 0 Å². The lowest BCUT2D eigenvalue weighted by Crippen LogP contribution is -2.29. The highest BCUT2D eigenvalue weighted by Crippen LogP contribution is 1.80. The summed E-state index contributed by atoms with van der Waals surface area (Å²) in [5.74, 6) is 0. The van der Waals surface area contributed by atoms with Gasteiger partial charge in [-0.3, -0.25) is 0 Å². The predicted molar refractivity (Wildman–Crippen MR) is 37.1 cm³/mol. The largest absolute Gasteiger partial charge is 0.317 e. The van der Waals surface area contributed by atoms with Crippen LogP contribution in [0.4, 0.5) is 0 Å². The third-order valence-electron chi connectivity index (χ3n) is 0.707. The second-order valence-electron chi connectivity index (χ2n) is 2.45. The van der Waals surface area contributed by atoms with Gasteiger partial charge in [0.05, 0.1) is 0 Å². The normalized spacial score (nSPS) is 16.5. The molecule has 0 atom stereocenters. The summed E-state index contributed by atoms with van der Waals surface area (Å²) >= 11 is 0. The minimum Gasteiger partial charge on any atom is -0.317 e. The van der Waals surface area contributed by atoms with Crippen molar-refractivity contribution in [2.24, 2.45) is 0 Å². The van der Waals surface area contributed by atoms with Gasteiger partial charge in [0.15, 0.2) is 0 Å². The molecule has 0 bridgehead atoms. The summed E-state index contributed by atoms with van der Waals surface area (Å²) in [6, 6.07) is 0. The van der Waals surface area contributed by atoms with Gasteiger partial charge in [-0.2, -0.15) is 0 Å². The Bertz CT molecular complexity index is 33.0. The third-order valence-corrected chi connectivity index (χ3v) is 0.707. The predicted octanol–water partition coefficient (Wildman–Crippen LogP) is 0.157. The van der Waals surface area contributed by atoms with Gasteiger partial charge in [0.1, 0.15) is 0 Å². The van der Waals surface area contributed by atoms with Crippen molar-refractivity contribution in [3.05, 3.63) is 0 Å². The third kappa shape index (κ3) is 9.33. The van der Waals surface area contributed by atoms with Crippen LogP contribution in [0.2, 0.25) is 0 Å².